The van der Waals surface area contributed by atoms with Crippen LogP contribution < -0.4 is 9.62 Å². The maximum absolute atomic E-state index is 13.2. The number of nitrogens with one attached hydrogen (secondary N) is 1. The number of halogens is 1. The minimum atomic E-state index is -3.71. The lowest BCUT2D eigenvalue weighted by atomic mass is 10.1. The van der Waals surface area contributed by atoms with E-state index in [1.165, 1.54) is 24.3 Å². The summed E-state index contributed by atoms with van der Waals surface area (Å²) in [4.78, 5) is 15.5. The first-order valence-electron chi connectivity index (χ1n) is 9.10. The Bertz CT molecular complexity index is 928. The lowest BCUT2D eigenvalue weighted by molar-refractivity contribution is -0.117. The summed E-state index contributed by atoms with van der Waals surface area (Å²) in [5.41, 5.74) is 1.52. The van der Waals surface area contributed by atoms with Gasteiger partial charge in [0.15, 0.2) is 0 Å². The standard InChI is InChI=1S/C20H24FN3O3S/c1-23(2)19(15-5-7-16(21)8-6-15)14-22-28(26,27)18-11-9-17(10-12-18)24-13-3-4-20(24)25/h5-12,19,22H,3-4,13-14H2,1-2H3. The summed E-state index contributed by atoms with van der Waals surface area (Å²) in [5, 5.41) is 0. The number of likely N-dealkylation sites (N-methyl/N-ethyl adjacent to an activating group) is 1. The number of anilines is 1. The SMILES string of the molecule is CN(C)C(CNS(=O)(=O)c1ccc(N2CCCC2=O)cc1)c1ccc(F)cc1. The molecule has 1 aliphatic rings. The van der Waals surface area contributed by atoms with Crippen LogP contribution in [0, 0.1) is 5.82 Å². The Kier molecular flexibility index (Phi) is 6.12. The molecule has 1 atom stereocenters. The van der Waals surface area contributed by atoms with E-state index >= 15 is 0 Å². The molecule has 6 nitrogen and oxygen atoms in total. The Balaban J connectivity index is 1.71. The van der Waals surface area contributed by atoms with Crippen LogP contribution in [0.1, 0.15) is 24.4 Å². The molecule has 3 rings (SSSR count). The molecular weight excluding hydrogens is 381 g/mol. The number of hydrogen-bond donors (Lipinski definition) is 1. The van der Waals surface area contributed by atoms with Crippen molar-refractivity contribution in [2.24, 2.45) is 0 Å². The molecule has 2 aromatic carbocycles. The van der Waals surface area contributed by atoms with E-state index in [0.29, 0.717) is 18.7 Å². The third-order valence-electron chi connectivity index (χ3n) is 4.88. The average Bonchev–Trinajstić information content (AvgIpc) is 3.09. The predicted molar refractivity (Wildman–Crippen MR) is 106 cm³/mol. The summed E-state index contributed by atoms with van der Waals surface area (Å²) in [7, 11) is -0.0381. The van der Waals surface area contributed by atoms with Crippen LogP contribution in [0.3, 0.4) is 0 Å². The van der Waals surface area contributed by atoms with Crippen molar-refractivity contribution in [3.8, 4) is 0 Å². The first-order chi connectivity index (χ1) is 13.3. The molecule has 1 heterocycles. The van der Waals surface area contributed by atoms with Crippen molar-refractivity contribution in [3.05, 3.63) is 59.9 Å². The highest BCUT2D eigenvalue weighted by Crippen LogP contribution is 2.23. The zero-order valence-corrected chi connectivity index (χ0v) is 16.7. The van der Waals surface area contributed by atoms with Crippen molar-refractivity contribution in [1.29, 1.82) is 0 Å². The first kappa shape index (κ1) is 20.4. The molecule has 150 valence electrons. The fourth-order valence-electron chi connectivity index (χ4n) is 3.28. The van der Waals surface area contributed by atoms with E-state index in [-0.39, 0.29) is 29.2 Å². The molecule has 1 aliphatic heterocycles. The molecule has 2 aromatic rings. The van der Waals surface area contributed by atoms with Gasteiger partial charge in [-0.1, -0.05) is 12.1 Å². The highest BCUT2D eigenvalue weighted by atomic mass is 32.2. The second-order valence-electron chi connectivity index (χ2n) is 7.03. The quantitative estimate of drug-likeness (QED) is 0.769. The zero-order chi connectivity index (χ0) is 20.3. The normalized spacial score (nSPS) is 16.0. The third-order valence-corrected chi connectivity index (χ3v) is 6.32. The largest absolute Gasteiger partial charge is 0.312 e. The van der Waals surface area contributed by atoms with Gasteiger partial charge in [0.05, 0.1) is 4.90 Å². The molecule has 1 N–H and O–H groups in total. The summed E-state index contributed by atoms with van der Waals surface area (Å²) in [6.07, 6.45) is 1.34. The fourth-order valence-corrected chi connectivity index (χ4v) is 4.32. The van der Waals surface area contributed by atoms with Crippen molar-refractivity contribution >= 4 is 21.6 Å². The summed E-state index contributed by atoms with van der Waals surface area (Å²) < 4.78 is 41.1. The number of nitrogens with zero attached hydrogens (tertiary/aromatic N) is 2. The van der Waals surface area contributed by atoms with Gasteiger partial charge in [-0.2, -0.15) is 0 Å². The third kappa shape index (κ3) is 4.57. The second kappa shape index (κ2) is 8.38. The van der Waals surface area contributed by atoms with Crippen molar-refractivity contribution in [1.82, 2.24) is 9.62 Å². The van der Waals surface area contributed by atoms with E-state index < -0.39 is 10.0 Å². The molecule has 0 spiro atoms. The Hall–Kier alpha value is -2.29. The number of carbonyl (C=O) groups is 1. The number of amides is 1. The molecule has 8 heteroatoms. The van der Waals surface area contributed by atoms with Crippen LogP contribution in [0.5, 0.6) is 0 Å². The molecule has 0 saturated carbocycles. The second-order valence-corrected chi connectivity index (χ2v) is 8.79. The van der Waals surface area contributed by atoms with Crippen molar-refractivity contribution in [2.75, 3.05) is 32.1 Å². The van der Waals surface area contributed by atoms with Gasteiger partial charge in [0, 0.05) is 31.2 Å². The van der Waals surface area contributed by atoms with Gasteiger partial charge >= 0.3 is 0 Å². The molecule has 0 aromatic heterocycles. The Labute approximate surface area is 165 Å². The first-order valence-corrected chi connectivity index (χ1v) is 10.6. The van der Waals surface area contributed by atoms with E-state index in [1.807, 2.05) is 19.0 Å². The average molecular weight is 405 g/mol. The van der Waals surface area contributed by atoms with Gasteiger partial charge in [0.2, 0.25) is 15.9 Å². The van der Waals surface area contributed by atoms with Gasteiger partial charge in [0.1, 0.15) is 5.82 Å². The molecule has 0 aliphatic carbocycles. The van der Waals surface area contributed by atoms with Gasteiger partial charge in [-0.05, 0) is 62.5 Å². The highest BCUT2D eigenvalue weighted by Gasteiger charge is 2.23. The molecular formula is C20H24FN3O3S. The van der Waals surface area contributed by atoms with Gasteiger partial charge in [0.25, 0.3) is 0 Å². The molecule has 1 fully saturated rings. The molecule has 1 unspecified atom stereocenters. The van der Waals surface area contributed by atoms with E-state index in [4.69, 9.17) is 0 Å². The lowest BCUT2D eigenvalue weighted by Crippen LogP contribution is -2.34. The van der Waals surface area contributed by atoms with Crippen molar-refractivity contribution in [3.63, 3.8) is 0 Å². The van der Waals surface area contributed by atoms with Gasteiger partial charge in [-0.3, -0.25) is 4.79 Å². The summed E-state index contributed by atoms with van der Waals surface area (Å²) in [5.74, 6) is -0.278. The Morgan fingerprint density at radius 3 is 2.29 bits per heavy atom. The van der Waals surface area contributed by atoms with Gasteiger partial charge < -0.3 is 9.80 Å². The van der Waals surface area contributed by atoms with Crippen LogP contribution in [-0.4, -0.2) is 46.4 Å². The number of rotatable bonds is 7. The van der Waals surface area contributed by atoms with Crippen LogP contribution in [-0.2, 0) is 14.8 Å². The summed E-state index contributed by atoms with van der Waals surface area (Å²) in [6.45, 7) is 0.804. The molecule has 0 radical (unpaired) electrons. The fraction of sp³-hybridized carbons (Fsp3) is 0.350. The van der Waals surface area contributed by atoms with Gasteiger partial charge in [-0.25, -0.2) is 17.5 Å². The highest BCUT2D eigenvalue weighted by molar-refractivity contribution is 7.89. The van der Waals surface area contributed by atoms with E-state index in [2.05, 4.69) is 4.72 Å². The summed E-state index contributed by atoms with van der Waals surface area (Å²) >= 11 is 0. The van der Waals surface area contributed by atoms with Crippen molar-refractivity contribution < 1.29 is 17.6 Å². The van der Waals surface area contributed by atoms with E-state index in [9.17, 15) is 17.6 Å². The van der Waals surface area contributed by atoms with Crippen LogP contribution in [0.25, 0.3) is 0 Å². The topological polar surface area (TPSA) is 69.7 Å². The van der Waals surface area contributed by atoms with Crippen LogP contribution in [0.2, 0.25) is 0 Å². The maximum atomic E-state index is 13.2. The van der Waals surface area contributed by atoms with E-state index in [0.717, 1.165) is 12.0 Å². The van der Waals surface area contributed by atoms with E-state index in [1.54, 1.807) is 29.2 Å². The Morgan fingerprint density at radius 1 is 1.11 bits per heavy atom. The predicted octanol–water partition coefficient (Wildman–Crippen LogP) is 2.53. The van der Waals surface area contributed by atoms with Crippen molar-refractivity contribution in [2.45, 2.75) is 23.8 Å². The molecule has 0 bridgehead atoms. The minimum absolute atomic E-state index is 0.0573. The van der Waals surface area contributed by atoms with Crippen LogP contribution in [0.15, 0.2) is 53.4 Å². The monoisotopic (exact) mass is 405 g/mol. The lowest BCUT2D eigenvalue weighted by Gasteiger charge is -2.25. The maximum Gasteiger partial charge on any atom is 0.240 e. The number of benzene rings is 2. The molecule has 1 saturated heterocycles. The number of carbonyl (C=O) groups excluding carboxylic acids is 1. The van der Waals surface area contributed by atoms with Gasteiger partial charge in [-0.15, -0.1) is 0 Å². The zero-order valence-electron chi connectivity index (χ0n) is 15.9. The van der Waals surface area contributed by atoms with Crippen LogP contribution >= 0.6 is 0 Å². The smallest absolute Gasteiger partial charge is 0.240 e. The van der Waals surface area contributed by atoms with Crippen LogP contribution in [0.4, 0.5) is 10.1 Å². The number of sulfonamides is 1. The molecule has 28 heavy (non-hydrogen) atoms. The summed E-state index contributed by atoms with van der Waals surface area (Å²) in [6, 6.07) is 12.1. The number of hydrogen-bond acceptors (Lipinski definition) is 4. The minimum Gasteiger partial charge on any atom is -0.312 e. The Morgan fingerprint density at radius 2 is 1.75 bits per heavy atom. The molecule has 1 amide bonds.